The molecular formula is C20H20O3S. The van der Waals surface area contributed by atoms with Crippen LogP contribution in [0.25, 0.3) is 0 Å². The lowest BCUT2D eigenvalue weighted by Crippen LogP contribution is -2.49. The number of aliphatic hydroxyl groups is 1. The first kappa shape index (κ1) is 15.7. The average Bonchev–Trinajstić information content (AvgIpc) is 3.29. The second-order valence-corrected chi connectivity index (χ2v) is 8.23. The molecule has 0 aliphatic heterocycles. The van der Waals surface area contributed by atoms with Gasteiger partial charge in [0.1, 0.15) is 11.4 Å². The highest BCUT2D eigenvalue weighted by molar-refractivity contribution is 8.03. The lowest BCUT2D eigenvalue weighted by molar-refractivity contribution is -0.137. The molecule has 1 aromatic rings. The van der Waals surface area contributed by atoms with Crippen LogP contribution in [-0.4, -0.2) is 21.6 Å². The minimum atomic E-state index is -1.30. The van der Waals surface area contributed by atoms with Crippen LogP contribution >= 0.6 is 11.8 Å². The molecule has 4 heteroatoms. The lowest BCUT2D eigenvalue weighted by atomic mass is 9.68. The van der Waals surface area contributed by atoms with E-state index in [9.17, 15) is 15.0 Å². The van der Waals surface area contributed by atoms with E-state index in [0.717, 1.165) is 39.4 Å². The topological polar surface area (TPSA) is 57.5 Å². The van der Waals surface area contributed by atoms with E-state index in [0.29, 0.717) is 5.57 Å². The van der Waals surface area contributed by atoms with Gasteiger partial charge in [-0.05, 0) is 75.1 Å². The Balaban J connectivity index is 1.80. The van der Waals surface area contributed by atoms with E-state index in [1.807, 2.05) is 25.1 Å². The molecule has 0 unspecified atom stereocenters. The number of carbonyl (C=O) groups is 1. The Bertz CT molecular complexity index is 849. The SMILES string of the molecule is CC1=C(Sc2ccc(O)cc2)C2=C(C)C3(CC3)[C@@](C)(O)C(=O)C2=C1. The number of ketones is 1. The van der Waals surface area contributed by atoms with Gasteiger partial charge in [0.15, 0.2) is 5.78 Å². The summed E-state index contributed by atoms with van der Waals surface area (Å²) in [5.74, 6) is 0.0905. The first-order chi connectivity index (χ1) is 11.3. The molecule has 3 aliphatic rings. The quantitative estimate of drug-likeness (QED) is 0.850. The van der Waals surface area contributed by atoms with E-state index >= 15 is 0 Å². The molecule has 1 aromatic carbocycles. The number of allylic oxidation sites excluding steroid dienone is 3. The van der Waals surface area contributed by atoms with Crippen molar-refractivity contribution in [1.29, 1.82) is 0 Å². The van der Waals surface area contributed by atoms with E-state index < -0.39 is 5.60 Å². The van der Waals surface area contributed by atoms with Crippen molar-refractivity contribution in [3.63, 3.8) is 0 Å². The number of rotatable bonds is 2. The molecule has 1 atom stereocenters. The number of hydrogen-bond acceptors (Lipinski definition) is 4. The van der Waals surface area contributed by atoms with Gasteiger partial charge in [-0.1, -0.05) is 17.3 Å². The Hall–Kier alpha value is -1.78. The van der Waals surface area contributed by atoms with Gasteiger partial charge in [0.25, 0.3) is 0 Å². The molecule has 24 heavy (non-hydrogen) atoms. The van der Waals surface area contributed by atoms with Gasteiger partial charge in [0, 0.05) is 20.8 Å². The van der Waals surface area contributed by atoms with Gasteiger partial charge in [0.05, 0.1) is 0 Å². The number of Topliss-reactive ketones (excluding diaryl/α,β-unsaturated/α-hetero) is 1. The molecular weight excluding hydrogens is 320 g/mol. The molecule has 124 valence electrons. The first-order valence-corrected chi connectivity index (χ1v) is 8.98. The highest BCUT2D eigenvalue weighted by Gasteiger charge is 2.65. The molecule has 3 nitrogen and oxygen atoms in total. The van der Waals surface area contributed by atoms with Crippen LogP contribution in [0.5, 0.6) is 5.75 Å². The Morgan fingerprint density at radius 2 is 1.75 bits per heavy atom. The zero-order valence-electron chi connectivity index (χ0n) is 14.0. The first-order valence-electron chi connectivity index (χ1n) is 8.17. The number of thioether (sulfide) groups is 1. The van der Waals surface area contributed by atoms with Gasteiger partial charge < -0.3 is 10.2 Å². The van der Waals surface area contributed by atoms with Crippen molar-refractivity contribution in [1.82, 2.24) is 0 Å². The smallest absolute Gasteiger partial charge is 0.195 e. The molecule has 0 bridgehead atoms. The fourth-order valence-electron chi connectivity index (χ4n) is 4.06. The number of phenolic OH excluding ortho intramolecular Hbond substituents is 1. The Morgan fingerprint density at radius 3 is 2.33 bits per heavy atom. The standard InChI is InChI=1S/C20H20O3S/c1-11-10-15-16(17(11)24-14-6-4-13(21)5-7-14)12(2)20(8-9-20)19(3,23)18(15)22/h4-7,10,21,23H,8-9H2,1-3H3/t19-/m0/s1. The van der Waals surface area contributed by atoms with Gasteiger partial charge in [0.2, 0.25) is 0 Å². The highest BCUT2D eigenvalue weighted by atomic mass is 32.2. The predicted octanol–water partition coefficient (Wildman–Crippen LogP) is 4.13. The number of benzene rings is 1. The van der Waals surface area contributed by atoms with Gasteiger partial charge in [-0.2, -0.15) is 0 Å². The molecule has 0 saturated heterocycles. The number of fused-ring (bicyclic) bond motifs is 1. The largest absolute Gasteiger partial charge is 0.508 e. The van der Waals surface area contributed by atoms with Crippen molar-refractivity contribution in [2.45, 2.75) is 44.1 Å². The minimum absolute atomic E-state index is 0.152. The minimum Gasteiger partial charge on any atom is -0.508 e. The van der Waals surface area contributed by atoms with Gasteiger partial charge in [-0.25, -0.2) is 0 Å². The van der Waals surface area contributed by atoms with Crippen molar-refractivity contribution >= 4 is 17.5 Å². The predicted molar refractivity (Wildman–Crippen MR) is 94.7 cm³/mol. The van der Waals surface area contributed by atoms with Crippen molar-refractivity contribution < 1.29 is 15.0 Å². The van der Waals surface area contributed by atoms with E-state index in [4.69, 9.17) is 0 Å². The molecule has 0 radical (unpaired) electrons. The maximum atomic E-state index is 12.9. The molecule has 0 amide bonds. The number of aromatic hydroxyl groups is 1. The van der Waals surface area contributed by atoms with Crippen LogP contribution in [0.1, 0.15) is 33.6 Å². The third kappa shape index (κ3) is 1.93. The van der Waals surface area contributed by atoms with E-state index in [1.165, 1.54) is 0 Å². The third-order valence-electron chi connectivity index (χ3n) is 5.73. The van der Waals surface area contributed by atoms with Crippen LogP contribution in [0.15, 0.2) is 62.4 Å². The highest BCUT2D eigenvalue weighted by Crippen LogP contribution is 2.65. The van der Waals surface area contributed by atoms with E-state index in [-0.39, 0.29) is 16.9 Å². The third-order valence-corrected chi connectivity index (χ3v) is 6.97. The van der Waals surface area contributed by atoms with Crippen LogP contribution in [0.3, 0.4) is 0 Å². The molecule has 1 fully saturated rings. The molecule has 1 spiro atoms. The molecule has 0 heterocycles. The molecule has 3 aliphatic carbocycles. The van der Waals surface area contributed by atoms with Crippen LogP contribution in [0, 0.1) is 5.41 Å². The van der Waals surface area contributed by atoms with E-state index in [2.05, 4.69) is 6.92 Å². The maximum Gasteiger partial charge on any atom is 0.195 e. The van der Waals surface area contributed by atoms with Crippen molar-refractivity contribution in [2.24, 2.45) is 5.41 Å². The molecule has 2 N–H and O–H groups in total. The van der Waals surface area contributed by atoms with Crippen molar-refractivity contribution in [3.05, 3.63) is 57.5 Å². The Morgan fingerprint density at radius 1 is 1.12 bits per heavy atom. The van der Waals surface area contributed by atoms with E-state index in [1.54, 1.807) is 30.8 Å². The van der Waals surface area contributed by atoms with Gasteiger partial charge >= 0.3 is 0 Å². The maximum absolute atomic E-state index is 12.9. The van der Waals surface area contributed by atoms with Gasteiger partial charge in [-0.15, -0.1) is 0 Å². The monoisotopic (exact) mass is 340 g/mol. The fraction of sp³-hybridized carbons (Fsp3) is 0.350. The summed E-state index contributed by atoms with van der Waals surface area (Å²) in [6.07, 6.45) is 3.64. The summed E-state index contributed by atoms with van der Waals surface area (Å²) in [5, 5.41) is 20.3. The number of hydrogen-bond donors (Lipinski definition) is 2. The summed E-state index contributed by atoms with van der Waals surface area (Å²) in [7, 11) is 0. The number of carbonyl (C=O) groups excluding carboxylic acids is 1. The molecule has 4 rings (SSSR count). The average molecular weight is 340 g/mol. The summed E-state index contributed by atoms with van der Waals surface area (Å²) in [5.41, 5.74) is 2.16. The lowest BCUT2D eigenvalue weighted by Gasteiger charge is -2.39. The van der Waals surface area contributed by atoms with Crippen molar-refractivity contribution in [3.8, 4) is 5.75 Å². The normalized spacial score (nSPS) is 27.7. The van der Waals surface area contributed by atoms with Crippen LogP contribution < -0.4 is 0 Å². The summed E-state index contributed by atoms with van der Waals surface area (Å²) in [6.45, 7) is 5.74. The van der Waals surface area contributed by atoms with Crippen molar-refractivity contribution in [2.75, 3.05) is 0 Å². The molecule has 0 aromatic heterocycles. The second-order valence-electron chi connectivity index (χ2n) is 7.15. The summed E-state index contributed by atoms with van der Waals surface area (Å²) in [6, 6.07) is 7.09. The second kappa shape index (κ2) is 4.87. The summed E-state index contributed by atoms with van der Waals surface area (Å²) < 4.78 is 0. The van der Waals surface area contributed by atoms with Gasteiger partial charge in [-0.3, -0.25) is 4.79 Å². The molecule has 1 saturated carbocycles. The Labute approximate surface area is 145 Å². The summed E-state index contributed by atoms with van der Waals surface area (Å²) in [4.78, 5) is 15.0. The summed E-state index contributed by atoms with van der Waals surface area (Å²) >= 11 is 1.61. The fourth-order valence-corrected chi connectivity index (χ4v) is 5.15. The van der Waals surface area contributed by atoms with Crippen LogP contribution in [0.2, 0.25) is 0 Å². The zero-order valence-corrected chi connectivity index (χ0v) is 14.8. The zero-order chi connectivity index (χ0) is 17.3. The van der Waals surface area contributed by atoms with Crippen LogP contribution in [0.4, 0.5) is 0 Å². The number of phenols is 1. The Kier molecular flexibility index (Phi) is 3.19. The van der Waals surface area contributed by atoms with Crippen LogP contribution in [-0.2, 0) is 4.79 Å².